The van der Waals surface area contributed by atoms with Gasteiger partial charge in [-0.2, -0.15) is 13.2 Å². The first-order valence-corrected chi connectivity index (χ1v) is 9.57. The van der Waals surface area contributed by atoms with Crippen molar-refractivity contribution in [3.05, 3.63) is 66.0 Å². The number of rotatable bonds is 4. The maximum atomic E-state index is 13.6. The average molecular weight is 412 g/mol. The summed E-state index contributed by atoms with van der Waals surface area (Å²) in [6.45, 7) is 0. The maximum Gasteiger partial charge on any atom is 0.416 e. The van der Waals surface area contributed by atoms with Gasteiger partial charge in [0.15, 0.2) is 0 Å². The molecule has 9 heteroatoms. The normalized spacial score (nSPS) is 12.2. The molecule has 0 fully saturated rings. The van der Waals surface area contributed by atoms with E-state index in [1.54, 1.807) is 32.3 Å². The first-order valence-electron chi connectivity index (χ1n) is 8.09. The third-order valence-corrected chi connectivity index (χ3v) is 5.55. The number of anilines is 2. The highest BCUT2D eigenvalue weighted by Gasteiger charge is 2.32. The number of nitrogens with one attached hydrogen (secondary N) is 1. The predicted molar refractivity (Wildman–Crippen MR) is 100 cm³/mol. The molecule has 0 amide bonds. The summed E-state index contributed by atoms with van der Waals surface area (Å²) in [6, 6.07) is 11.3. The van der Waals surface area contributed by atoms with Crippen LogP contribution in [0.1, 0.15) is 5.56 Å². The summed E-state index contributed by atoms with van der Waals surface area (Å²) in [5.41, 5.74) is -1.01. The molecule has 3 rings (SSSR count). The van der Waals surface area contributed by atoms with E-state index in [4.69, 9.17) is 0 Å². The van der Waals surface area contributed by atoms with Crippen LogP contribution in [0.15, 0.2) is 59.5 Å². The van der Waals surface area contributed by atoms with Gasteiger partial charge in [0.2, 0.25) is 0 Å². The molecule has 0 saturated carbocycles. The molecule has 3 aromatic carbocycles. The molecule has 28 heavy (non-hydrogen) atoms. The van der Waals surface area contributed by atoms with Gasteiger partial charge in [0.25, 0.3) is 10.0 Å². The van der Waals surface area contributed by atoms with Crippen molar-refractivity contribution < 1.29 is 26.0 Å². The standard InChI is InChI=1S/C19H16F4N2O2S/c1-25(2)17-7-3-6-16-15(17)5-4-8-18(16)28(26,27)24-14-10-12(19(21,22)23)9-13(20)11-14/h3-11,24H,1-2H3. The molecule has 1 N–H and O–H groups in total. The van der Waals surface area contributed by atoms with Gasteiger partial charge in [-0.3, -0.25) is 4.72 Å². The van der Waals surface area contributed by atoms with E-state index in [1.807, 2.05) is 15.7 Å². The van der Waals surface area contributed by atoms with Crippen molar-refractivity contribution in [2.45, 2.75) is 11.1 Å². The number of fused-ring (bicyclic) bond motifs is 1. The molecule has 0 radical (unpaired) electrons. The van der Waals surface area contributed by atoms with Crippen LogP contribution >= 0.6 is 0 Å². The summed E-state index contributed by atoms with van der Waals surface area (Å²) in [5.74, 6) is -1.19. The minimum atomic E-state index is -4.80. The molecule has 148 valence electrons. The van der Waals surface area contributed by atoms with Gasteiger partial charge in [-0.25, -0.2) is 12.8 Å². The highest BCUT2D eigenvalue weighted by molar-refractivity contribution is 7.93. The predicted octanol–water partition coefficient (Wildman–Crippen LogP) is 4.86. The van der Waals surface area contributed by atoms with Crippen molar-refractivity contribution in [1.29, 1.82) is 0 Å². The summed E-state index contributed by atoms with van der Waals surface area (Å²) in [5, 5.41) is 1.05. The van der Waals surface area contributed by atoms with Crippen molar-refractivity contribution in [3.8, 4) is 0 Å². The molecule has 0 bridgehead atoms. The molecule has 3 aromatic rings. The van der Waals surface area contributed by atoms with Gasteiger partial charge in [-0.05, 0) is 30.3 Å². The monoisotopic (exact) mass is 412 g/mol. The number of benzene rings is 3. The lowest BCUT2D eigenvalue weighted by atomic mass is 10.1. The van der Waals surface area contributed by atoms with Crippen LogP contribution in [0.2, 0.25) is 0 Å². The highest BCUT2D eigenvalue weighted by atomic mass is 32.2. The van der Waals surface area contributed by atoms with Crippen LogP contribution in [0.5, 0.6) is 0 Å². The van der Waals surface area contributed by atoms with E-state index in [-0.39, 0.29) is 4.90 Å². The Morgan fingerprint density at radius 1 is 0.929 bits per heavy atom. The Balaban J connectivity index is 2.10. The van der Waals surface area contributed by atoms with E-state index >= 15 is 0 Å². The zero-order chi connectivity index (χ0) is 20.7. The highest BCUT2D eigenvalue weighted by Crippen LogP contribution is 2.34. The molecule has 0 aliphatic heterocycles. The molecule has 0 heterocycles. The van der Waals surface area contributed by atoms with Crippen LogP contribution in [0.25, 0.3) is 10.8 Å². The quantitative estimate of drug-likeness (QED) is 0.623. The van der Waals surface area contributed by atoms with E-state index in [2.05, 4.69) is 0 Å². The Kier molecular flexibility index (Phi) is 4.97. The van der Waals surface area contributed by atoms with Crippen molar-refractivity contribution >= 4 is 32.2 Å². The Labute approximate surface area is 159 Å². The number of nitrogens with zero attached hydrogens (tertiary/aromatic N) is 1. The first kappa shape index (κ1) is 19.9. The van der Waals surface area contributed by atoms with Crippen molar-refractivity contribution in [2.75, 3.05) is 23.7 Å². The van der Waals surface area contributed by atoms with Gasteiger partial charge >= 0.3 is 6.18 Å². The summed E-state index contributed by atoms with van der Waals surface area (Å²) in [6.07, 6.45) is -4.80. The second-order valence-corrected chi connectivity index (χ2v) is 8.01. The average Bonchev–Trinajstić information content (AvgIpc) is 2.58. The maximum absolute atomic E-state index is 13.6. The lowest BCUT2D eigenvalue weighted by molar-refractivity contribution is -0.137. The lowest BCUT2D eigenvalue weighted by Gasteiger charge is -2.17. The summed E-state index contributed by atoms with van der Waals surface area (Å²) >= 11 is 0. The zero-order valence-corrected chi connectivity index (χ0v) is 15.7. The number of halogens is 4. The van der Waals surface area contributed by atoms with E-state index in [1.165, 1.54) is 12.1 Å². The zero-order valence-electron chi connectivity index (χ0n) is 14.9. The van der Waals surface area contributed by atoms with Gasteiger partial charge in [0, 0.05) is 30.6 Å². The molecule has 0 atom stereocenters. The molecule has 0 aliphatic rings. The van der Waals surface area contributed by atoms with Gasteiger partial charge in [0.05, 0.1) is 16.1 Å². The lowest BCUT2D eigenvalue weighted by Crippen LogP contribution is -2.15. The van der Waals surface area contributed by atoms with Crippen LogP contribution in [0.4, 0.5) is 28.9 Å². The van der Waals surface area contributed by atoms with Gasteiger partial charge in [-0.1, -0.05) is 24.3 Å². The van der Waals surface area contributed by atoms with Crippen molar-refractivity contribution in [1.82, 2.24) is 0 Å². The summed E-state index contributed by atoms with van der Waals surface area (Å²) in [4.78, 5) is 1.69. The smallest absolute Gasteiger partial charge is 0.377 e. The number of hydrogen-bond donors (Lipinski definition) is 1. The topological polar surface area (TPSA) is 49.4 Å². The fraction of sp³-hybridized carbons (Fsp3) is 0.158. The third-order valence-electron chi connectivity index (χ3n) is 4.11. The molecule has 0 aliphatic carbocycles. The Morgan fingerprint density at radius 2 is 1.57 bits per heavy atom. The van der Waals surface area contributed by atoms with Crippen LogP contribution in [0, 0.1) is 5.82 Å². The molecule has 0 aromatic heterocycles. The minimum absolute atomic E-state index is 0.119. The molecular weight excluding hydrogens is 396 g/mol. The Bertz CT molecular complexity index is 1140. The Hall–Kier alpha value is -2.81. The van der Waals surface area contributed by atoms with E-state index in [0.29, 0.717) is 29.0 Å². The van der Waals surface area contributed by atoms with Crippen molar-refractivity contribution in [3.63, 3.8) is 0 Å². The summed E-state index contributed by atoms with van der Waals surface area (Å²) in [7, 11) is -0.654. The third kappa shape index (κ3) is 3.89. The van der Waals surface area contributed by atoms with E-state index in [0.717, 1.165) is 5.69 Å². The molecular formula is C19H16F4N2O2S. The van der Waals surface area contributed by atoms with Gasteiger partial charge in [0.1, 0.15) is 5.82 Å². The van der Waals surface area contributed by atoms with Crippen LogP contribution in [-0.2, 0) is 16.2 Å². The Morgan fingerprint density at radius 3 is 2.21 bits per heavy atom. The molecule has 4 nitrogen and oxygen atoms in total. The second-order valence-electron chi connectivity index (χ2n) is 6.35. The van der Waals surface area contributed by atoms with Crippen LogP contribution in [-0.4, -0.2) is 22.5 Å². The van der Waals surface area contributed by atoms with E-state index < -0.39 is 33.3 Å². The van der Waals surface area contributed by atoms with Crippen molar-refractivity contribution in [2.24, 2.45) is 0 Å². The fourth-order valence-electron chi connectivity index (χ4n) is 2.91. The number of hydrogen-bond acceptors (Lipinski definition) is 3. The number of alkyl halides is 3. The van der Waals surface area contributed by atoms with Crippen LogP contribution < -0.4 is 9.62 Å². The first-order chi connectivity index (χ1) is 13.0. The molecule has 0 saturated heterocycles. The number of sulfonamides is 1. The molecule has 0 spiro atoms. The SMILES string of the molecule is CN(C)c1cccc2c(S(=O)(=O)Nc3cc(F)cc(C(F)(F)F)c3)cccc12. The largest absolute Gasteiger partial charge is 0.416 e. The van der Waals surface area contributed by atoms with E-state index in [9.17, 15) is 26.0 Å². The second kappa shape index (κ2) is 6.97. The summed E-state index contributed by atoms with van der Waals surface area (Å²) < 4.78 is 80.0. The van der Waals surface area contributed by atoms with Gasteiger partial charge in [-0.15, -0.1) is 0 Å². The van der Waals surface area contributed by atoms with Crippen LogP contribution in [0.3, 0.4) is 0 Å². The minimum Gasteiger partial charge on any atom is -0.377 e. The fourth-order valence-corrected chi connectivity index (χ4v) is 4.17. The molecule has 0 unspecified atom stereocenters. The van der Waals surface area contributed by atoms with Gasteiger partial charge < -0.3 is 4.90 Å².